The molecule has 2 aromatic rings. The zero-order valence-electron chi connectivity index (χ0n) is 25.0. The molecule has 2 saturated heterocycles. The Kier molecular flexibility index (Phi) is 8.47. The fourth-order valence-electron chi connectivity index (χ4n) is 8.64. The summed E-state index contributed by atoms with van der Waals surface area (Å²) in [6.45, 7) is 7.80. The van der Waals surface area contributed by atoms with Crippen LogP contribution in [0.15, 0.2) is 23.3 Å². The molecule has 6 atom stereocenters. The number of nitrogens with zero attached hydrogens (tertiary/aromatic N) is 5. The van der Waals surface area contributed by atoms with Gasteiger partial charge in [0.2, 0.25) is 0 Å². The van der Waals surface area contributed by atoms with Gasteiger partial charge in [-0.1, -0.05) is 39.5 Å². The first-order chi connectivity index (χ1) is 20.1. The predicted octanol–water partition coefficient (Wildman–Crippen LogP) is 5.85. The molecule has 230 valence electrons. The van der Waals surface area contributed by atoms with E-state index in [1.807, 2.05) is 5.01 Å². The molecule has 2 aliphatic heterocycles. The van der Waals surface area contributed by atoms with Gasteiger partial charge in [-0.2, -0.15) is 18.4 Å². The van der Waals surface area contributed by atoms with Crippen LogP contribution in [0.3, 0.4) is 0 Å². The number of halogens is 3. The fraction of sp³-hybridized carbons (Fsp3) is 0.750. The molecule has 4 fully saturated rings. The normalized spacial score (nSPS) is 30.8. The molecule has 2 aromatic heterocycles. The highest BCUT2D eigenvalue weighted by molar-refractivity contribution is 5.56. The predicted molar refractivity (Wildman–Crippen MR) is 155 cm³/mol. The molecule has 2 saturated carbocycles. The van der Waals surface area contributed by atoms with Gasteiger partial charge >= 0.3 is 11.9 Å². The maximum absolute atomic E-state index is 14.4. The topological polar surface area (TPSA) is 68.7 Å². The first kappa shape index (κ1) is 29.7. The number of pyridine rings is 1. The van der Waals surface area contributed by atoms with E-state index in [0.29, 0.717) is 48.2 Å². The van der Waals surface area contributed by atoms with Crippen LogP contribution in [0.4, 0.5) is 13.2 Å². The Bertz CT molecular complexity index is 1360. The molecule has 0 amide bonds. The first-order valence-electron chi connectivity index (χ1n) is 16.1. The zero-order valence-corrected chi connectivity index (χ0v) is 25.0. The van der Waals surface area contributed by atoms with Crippen molar-refractivity contribution in [2.24, 2.45) is 29.6 Å². The second-order valence-corrected chi connectivity index (χ2v) is 13.8. The van der Waals surface area contributed by atoms with Crippen LogP contribution >= 0.6 is 0 Å². The van der Waals surface area contributed by atoms with Gasteiger partial charge in [0.1, 0.15) is 6.54 Å². The number of alkyl halides is 3. The van der Waals surface area contributed by atoms with E-state index >= 15 is 0 Å². The van der Waals surface area contributed by atoms with Crippen LogP contribution in [0.5, 0.6) is 0 Å². The van der Waals surface area contributed by atoms with Gasteiger partial charge < -0.3 is 0 Å². The van der Waals surface area contributed by atoms with Crippen LogP contribution in [-0.4, -0.2) is 51.1 Å². The number of hydrogen-bond donors (Lipinski definition) is 1. The van der Waals surface area contributed by atoms with Crippen molar-refractivity contribution in [3.8, 4) is 6.07 Å². The Labute approximate surface area is 246 Å². The summed E-state index contributed by atoms with van der Waals surface area (Å²) in [5, 5.41) is 11.3. The molecule has 0 bridgehead atoms. The Morgan fingerprint density at radius 2 is 1.81 bits per heavy atom. The molecule has 6 rings (SSSR count). The van der Waals surface area contributed by atoms with E-state index in [2.05, 4.69) is 30.2 Å². The number of imidazole rings is 1. The summed E-state index contributed by atoms with van der Waals surface area (Å²) in [7, 11) is 0. The number of likely N-dealkylation sites (tertiary alicyclic amines) is 1. The minimum atomic E-state index is -4.54. The SMILES string of the molecule is CC1CN(CC#N)NC1[C@@H](C1CCC1)C1CCCC(n2cc3c(C(F)(F)F)cc(CN4CCC[C@H](C)C4)cn3c2=O)C1. The van der Waals surface area contributed by atoms with Crippen LogP contribution in [0, 0.1) is 40.9 Å². The monoisotopic (exact) mass is 586 g/mol. The quantitative estimate of drug-likeness (QED) is 0.413. The fourth-order valence-corrected chi connectivity index (χ4v) is 8.64. The molecule has 4 unspecified atom stereocenters. The van der Waals surface area contributed by atoms with Crippen molar-refractivity contribution in [3.05, 3.63) is 40.1 Å². The number of piperidine rings is 1. The van der Waals surface area contributed by atoms with E-state index in [9.17, 15) is 23.2 Å². The van der Waals surface area contributed by atoms with E-state index in [1.54, 1.807) is 10.8 Å². The summed E-state index contributed by atoms with van der Waals surface area (Å²) in [6.07, 6.45) is 8.08. The minimum absolute atomic E-state index is 0.0424. The van der Waals surface area contributed by atoms with Crippen molar-refractivity contribution >= 4 is 5.52 Å². The average molecular weight is 587 g/mol. The zero-order chi connectivity index (χ0) is 29.6. The van der Waals surface area contributed by atoms with Gasteiger partial charge in [0, 0.05) is 44.1 Å². The van der Waals surface area contributed by atoms with Crippen LogP contribution < -0.4 is 11.1 Å². The smallest absolute Gasteiger partial charge is 0.299 e. The summed E-state index contributed by atoms with van der Waals surface area (Å²) < 4.78 is 45.9. The highest BCUT2D eigenvalue weighted by atomic mass is 19.4. The van der Waals surface area contributed by atoms with Crippen molar-refractivity contribution < 1.29 is 13.2 Å². The number of fused-ring (bicyclic) bond motifs is 1. The van der Waals surface area contributed by atoms with Crippen LogP contribution in [-0.2, 0) is 12.7 Å². The third-order valence-electron chi connectivity index (χ3n) is 10.7. The number of aromatic nitrogens is 2. The standard InChI is InChI=1S/C32H45F3N6O/c1-21-6-5-12-38(16-21)18-23-14-27(32(33,34)35)28-20-40(31(42)41(28)19-23)26-10-4-9-25(15-26)29(24-7-3-8-24)30-22(2)17-39(37-30)13-11-36/h14,19-22,24-26,29-30,37H,3-10,12-13,15-18H2,1-2H3/t21-,22?,25?,26?,29-,30?/m0/s1. The number of hydrazine groups is 1. The van der Waals surface area contributed by atoms with Gasteiger partial charge in [-0.15, -0.1) is 0 Å². The van der Waals surface area contributed by atoms with E-state index in [1.165, 1.54) is 35.9 Å². The lowest BCUT2D eigenvalue weighted by Gasteiger charge is -2.46. The van der Waals surface area contributed by atoms with Crippen molar-refractivity contribution in [1.29, 1.82) is 5.26 Å². The van der Waals surface area contributed by atoms with Crippen molar-refractivity contribution in [2.75, 3.05) is 26.2 Å². The first-order valence-corrected chi connectivity index (χ1v) is 16.1. The van der Waals surface area contributed by atoms with Crippen LogP contribution in [0.1, 0.15) is 88.8 Å². The number of nitriles is 1. The molecular weight excluding hydrogens is 541 g/mol. The van der Waals surface area contributed by atoms with Gasteiger partial charge in [0.05, 0.1) is 17.1 Å². The molecule has 0 aromatic carbocycles. The lowest BCUT2D eigenvalue weighted by Crippen LogP contribution is -2.48. The summed E-state index contributed by atoms with van der Waals surface area (Å²) in [6, 6.07) is 3.69. The minimum Gasteiger partial charge on any atom is -0.299 e. The average Bonchev–Trinajstić information content (AvgIpc) is 3.44. The molecule has 10 heteroatoms. The second kappa shape index (κ2) is 12.0. The Morgan fingerprint density at radius 3 is 2.50 bits per heavy atom. The van der Waals surface area contributed by atoms with Gasteiger partial charge in [0.25, 0.3) is 0 Å². The van der Waals surface area contributed by atoms with E-state index in [0.717, 1.165) is 58.2 Å². The third kappa shape index (κ3) is 5.89. The highest BCUT2D eigenvalue weighted by Gasteiger charge is 2.45. The Hall–Kier alpha value is -2.35. The van der Waals surface area contributed by atoms with Crippen molar-refractivity contribution in [2.45, 2.75) is 96.4 Å². The number of hydrogen-bond acceptors (Lipinski definition) is 5. The lowest BCUT2D eigenvalue weighted by atomic mass is 9.62. The van der Waals surface area contributed by atoms with E-state index in [4.69, 9.17) is 0 Å². The van der Waals surface area contributed by atoms with Crippen molar-refractivity contribution in [1.82, 2.24) is 24.3 Å². The molecule has 0 spiro atoms. The van der Waals surface area contributed by atoms with Crippen molar-refractivity contribution in [3.63, 3.8) is 0 Å². The lowest BCUT2D eigenvalue weighted by molar-refractivity contribution is -0.136. The molecule has 0 radical (unpaired) electrons. The highest BCUT2D eigenvalue weighted by Crippen LogP contribution is 2.48. The summed E-state index contributed by atoms with van der Waals surface area (Å²) in [5.74, 6) is 2.40. The van der Waals surface area contributed by atoms with Gasteiger partial charge in [-0.05, 0) is 79.9 Å². The maximum Gasteiger partial charge on any atom is 0.418 e. The third-order valence-corrected chi connectivity index (χ3v) is 10.7. The summed E-state index contributed by atoms with van der Waals surface area (Å²) in [4.78, 5) is 16.0. The number of nitrogens with one attached hydrogen (secondary N) is 1. The van der Waals surface area contributed by atoms with E-state index in [-0.39, 0.29) is 23.3 Å². The maximum atomic E-state index is 14.4. The molecule has 2 aliphatic carbocycles. The van der Waals surface area contributed by atoms with Gasteiger partial charge in [-0.3, -0.25) is 19.3 Å². The molecule has 42 heavy (non-hydrogen) atoms. The molecule has 4 heterocycles. The molecule has 1 N–H and O–H groups in total. The molecule has 7 nitrogen and oxygen atoms in total. The summed E-state index contributed by atoms with van der Waals surface area (Å²) in [5.41, 5.74) is 3.07. The largest absolute Gasteiger partial charge is 0.418 e. The van der Waals surface area contributed by atoms with Gasteiger partial charge in [0.15, 0.2) is 0 Å². The van der Waals surface area contributed by atoms with E-state index < -0.39 is 11.7 Å². The van der Waals surface area contributed by atoms with Crippen LogP contribution in [0.2, 0.25) is 0 Å². The molecule has 4 aliphatic rings. The molecular formula is C32H45F3N6O. The van der Waals surface area contributed by atoms with Gasteiger partial charge in [-0.25, -0.2) is 9.80 Å². The second-order valence-electron chi connectivity index (χ2n) is 13.8. The number of rotatable bonds is 7. The Morgan fingerprint density at radius 1 is 1.05 bits per heavy atom. The Balaban J connectivity index is 1.29. The summed E-state index contributed by atoms with van der Waals surface area (Å²) >= 11 is 0. The van der Waals surface area contributed by atoms with Crippen LogP contribution in [0.25, 0.3) is 5.52 Å².